The van der Waals surface area contributed by atoms with E-state index in [1.807, 2.05) is 0 Å². The Labute approximate surface area is 171 Å². The number of nitrogens with zero attached hydrogens (tertiary/aromatic N) is 2. The Balaban J connectivity index is 2.03. The number of aromatic amines is 1. The SMILES string of the molecule is COCCN(Cc1nc2ccccc2c(=O)[nH]1)S(=O)(=O)c1cc(Cl)ccc1Cl. The van der Waals surface area contributed by atoms with Crippen molar-refractivity contribution in [3.63, 3.8) is 0 Å². The highest BCUT2D eigenvalue weighted by molar-refractivity contribution is 7.89. The molecule has 0 fully saturated rings. The summed E-state index contributed by atoms with van der Waals surface area (Å²) < 4.78 is 32.5. The highest BCUT2D eigenvalue weighted by Gasteiger charge is 2.28. The summed E-state index contributed by atoms with van der Waals surface area (Å²) in [5, 5.41) is 0.717. The number of methoxy groups -OCH3 is 1. The Morgan fingerprint density at radius 2 is 1.93 bits per heavy atom. The largest absolute Gasteiger partial charge is 0.383 e. The van der Waals surface area contributed by atoms with Crippen LogP contribution in [0.25, 0.3) is 10.9 Å². The van der Waals surface area contributed by atoms with Crippen molar-refractivity contribution >= 4 is 44.1 Å². The van der Waals surface area contributed by atoms with E-state index in [-0.39, 0.29) is 46.0 Å². The molecule has 0 aliphatic carbocycles. The molecule has 3 aromatic rings. The van der Waals surface area contributed by atoms with Crippen LogP contribution >= 0.6 is 23.2 Å². The van der Waals surface area contributed by atoms with Crippen molar-refractivity contribution < 1.29 is 13.2 Å². The van der Waals surface area contributed by atoms with E-state index in [0.717, 1.165) is 4.31 Å². The van der Waals surface area contributed by atoms with Crippen molar-refractivity contribution in [2.24, 2.45) is 0 Å². The number of rotatable bonds is 7. The Morgan fingerprint density at radius 1 is 1.18 bits per heavy atom. The molecule has 10 heteroatoms. The summed E-state index contributed by atoms with van der Waals surface area (Å²) in [4.78, 5) is 19.2. The third-order valence-electron chi connectivity index (χ3n) is 4.04. The molecule has 0 amide bonds. The van der Waals surface area contributed by atoms with Crippen LogP contribution in [0.15, 0.2) is 52.2 Å². The van der Waals surface area contributed by atoms with E-state index in [2.05, 4.69) is 9.97 Å². The van der Waals surface area contributed by atoms with Gasteiger partial charge in [0.25, 0.3) is 5.56 Å². The van der Waals surface area contributed by atoms with Gasteiger partial charge in [-0.15, -0.1) is 0 Å². The molecule has 0 radical (unpaired) electrons. The van der Waals surface area contributed by atoms with Crippen molar-refractivity contribution in [3.8, 4) is 0 Å². The Hall–Kier alpha value is -1.97. The maximum absolute atomic E-state index is 13.2. The monoisotopic (exact) mass is 441 g/mol. The van der Waals surface area contributed by atoms with Gasteiger partial charge in [0.15, 0.2) is 0 Å². The van der Waals surface area contributed by atoms with Gasteiger partial charge in [-0.2, -0.15) is 4.31 Å². The second kappa shape index (κ2) is 8.59. The second-order valence-corrected chi connectivity index (χ2v) is 8.69. The Kier molecular flexibility index (Phi) is 6.36. The molecular weight excluding hydrogens is 425 g/mol. The molecule has 0 aliphatic rings. The number of sulfonamides is 1. The van der Waals surface area contributed by atoms with Crippen LogP contribution < -0.4 is 5.56 Å². The van der Waals surface area contributed by atoms with Gasteiger partial charge in [-0.3, -0.25) is 4.79 Å². The third-order valence-corrected chi connectivity index (χ3v) is 6.61. The van der Waals surface area contributed by atoms with Gasteiger partial charge < -0.3 is 9.72 Å². The van der Waals surface area contributed by atoms with E-state index >= 15 is 0 Å². The van der Waals surface area contributed by atoms with E-state index in [1.165, 1.54) is 25.3 Å². The predicted molar refractivity (Wildman–Crippen MR) is 108 cm³/mol. The number of ether oxygens (including phenoxy) is 1. The fraction of sp³-hybridized carbons (Fsp3) is 0.222. The summed E-state index contributed by atoms with van der Waals surface area (Å²) >= 11 is 12.0. The Bertz CT molecular complexity index is 1160. The molecule has 7 nitrogen and oxygen atoms in total. The molecule has 0 unspecified atom stereocenters. The number of para-hydroxylation sites is 1. The van der Waals surface area contributed by atoms with Gasteiger partial charge >= 0.3 is 0 Å². The summed E-state index contributed by atoms with van der Waals surface area (Å²) in [5.74, 6) is 0.210. The summed E-state index contributed by atoms with van der Waals surface area (Å²) in [6.07, 6.45) is 0. The van der Waals surface area contributed by atoms with Crippen LogP contribution in [0.5, 0.6) is 0 Å². The molecule has 0 aliphatic heterocycles. The van der Waals surface area contributed by atoms with Crippen LogP contribution in [0.2, 0.25) is 10.0 Å². The van der Waals surface area contributed by atoms with Crippen molar-refractivity contribution in [2.75, 3.05) is 20.3 Å². The molecule has 0 saturated heterocycles. The molecule has 1 heterocycles. The molecule has 0 spiro atoms. The average molecular weight is 442 g/mol. The molecule has 148 valence electrons. The van der Waals surface area contributed by atoms with Crippen LogP contribution in [-0.2, 0) is 21.3 Å². The number of hydrogen-bond donors (Lipinski definition) is 1. The lowest BCUT2D eigenvalue weighted by atomic mass is 10.2. The summed E-state index contributed by atoms with van der Waals surface area (Å²) in [5.41, 5.74) is 0.136. The van der Waals surface area contributed by atoms with Gasteiger partial charge in [0.05, 0.1) is 29.1 Å². The first-order valence-corrected chi connectivity index (χ1v) is 10.4. The zero-order valence-electron chi connectivity index (χ0n) is 14.9. The molecule has 1 aromatic heterocycles. The molecule has 3 rings (SSSR count). The molecule has 0 bridgehead atoms. The Morgan fingerprint density at radius 3 is 2.68 bits per heavy atom. The maximum Gasteiger partial charge on any atom is 0.258 e. The van der Waals surface area contributed by atoms with Gasteiger partial charge in [0.1, 0.15) is 10.7 Å². The van der Waals surface area contributed by atoms with Crippen LogP contribution in [-0.4, -0.2) is 43.0 Å². The number of benzene rings is 2. The fourth-order valence-electron chi connectivity index (χ4n) is 2.67. The number of H-pyrrole nitrogens is 1. The number of nitrogens with one attached hydrogen (secondary N) is 1. The quantitative estimate of drug-likeness (QED) is 0.607. The molecule has 28 heavy (non-hydrogen) atoms. The maximum atomic E-state index is 13.2. The average Bonchev–Trinajstić information content (AvgIpc) is 2.67. The smallest absolute Gasteiger partial charge is 0.258 e. The normalized spacial score (nSPS) is 12.0. The molecule has 1 N–H and O–H groups in total. The molecule has 0 atom stereocenters. The number of fused-ring (bicyclic) bond motifs is 1. The summed E-state index contributed by atoms with van der Waals surface area (Å²) in [6, 6.07) is 11.0. The van der Waals surface area contributed by atoms with Gasteiger partial charge in [-0.05, 0) is 30.3 Å². The first kappa shape index (κ1) is 20.8. The standard InChI is InChI=1S/C18H17Cl2N3O4S/c1-27-9-8-23(28(25,26)16-10-12(19)6-7-14(16)20)11-17-21-15-5-3-2-4-13(15)18(24)22-17/h2-7,10H,8-9,11H2,1H3,(H,21,22,24). The van der Waals surface area contributed by atoms with Crippen LogP contribution in [0.4, 0.5) is 0 Å². The van der Waals surface area contributed by atoms with Crippen molar-refractivity contribution in [2.45, 2.75) is 11.4 Å². The number of hydrogen-bond acceptors (Lipinski definition) is 5. The minimum atomic E-state index is -4.02. The lowest BCUT2D eigenvalue weighted by Gasteiger charge is -2.22. The zero-order valence-corrected chi connectivity index (χ0v) is 17.2. The number of halogens is 2. The molecule has 2 aromatic carbocycles. The van der Waals surface area contributed by atoms with Gasteiger partial charge in [-0.1, -0.05) is 35.3 Å². The van der Waals surface area contributed by atoms with Crippen molar-refractivity contribution in [3.05, 3.63) is 68.7 Å². The van der Waals surface area contributed by atoms with Crippen LogP contribution in [0.1, 0.15) is 5.82 Å². The fourth-order valence-corrected chi connectivity index (χ4v) is 4.79. The van der Waals surface area contributed by atoms with Crippen molar-refractivity contribution in [1.82, 2.24) is 14.3 Å². The van der Waals surface area contributed by atoms with E-state index in [9.17, 15) is 13.2 Å². The second-order valence-electron chi connectivity index (χ2n) is 5.94. The lowest BCUT2D eigenvalue weighted by Crippen LogP contribution is -2.35. The first-order valence-electron chi connectivity index (χ1n) is 8.25. The third kappa shape index (κ3) is 4.37. The van der Waals surface area contributed by atoms with Crippen LogP contribution in [0.3, 0.4) is 0 Å². The summed E-state index contributed by atoms with van der Waals surface area (Å²) in [7, 11) is -2.55. The van der Waals surface area contributed by atoms with E-state index in [4.69, 9.17) is 27.9 Å². The number of aromatic nitrogens is 2. The minimum absolute atomic E-state index is 0.0399. The highest BCUT2D eigenvalue weighted by atomic mass is 35.5. The van der Waals surface area contributed by atoms with Gasteiger partial charge in [-0.25, -0.2) is 13.4 Å². The minimum Gasteiger partial charge on any atom is -0.383 e. The predicted octanol–water partition coefficient (Wildman–Crippen LogP) is 3.07. The molecular formula is C18H17Cl2N3O4S. The van der Waals surface area contributed by atoms with E-state index in [0.29, 0.717) is 10.9 Å². The highest BCUT2D eigenvalue weighted by Crippen LogP contribution is 2.28. The molecule has 0 saturated carbocycles. The van der Waals surface area contributed by atoms with Gasteiger partial charge in [0, 0.05) is 18.7 Å². The topological polar surface area (TPSA) is 92.4 Å². The van der Waals surface area contributed by atoms with E-state index in [1.54, 1.807) is 24.3 Å². The van der Waals surface area contributed by atoms with Crippen molar-refractivity contribution in [1.29, 1.82) is 0 Å². The first-order chi connectivity index (χ1) is 13.3. The lowest BCUT2D eigenvalue weighted by molar-refractivity contribution is 0.176. The summed E-state index contributed by atoms with van der Waals surface area (Å²) in [6.45, 7) is 0.0298. The van der Waals surface area contributed by atoms with Gasteiger partial charge in [0.2, 0.25) is 10.0 Å². The van der Waals surface area contributed by atoms with E-state index < -0.39 is 10.0 Å². The van der Waals surface area contributed by atoms with Crippen LogP contribution in [0, 0.1) is 0 Å². The zero-order chi connectivity index (χ0) is 20.3.